The number of piperidine rings is 1. The average molecular weight is 265 g/mol. The molecule has 4 heteroatoms. The predicted molar refractivity (Wildman–Crippen MR) is 76.0 cm³/mol. The molecule has 3 fully saturated rings. The Labute approximate surface area is 116 Å². The highest BCUT2D eigenvalue weighted by Crippen LogP contribution is 2.27. The van der Waals surface area contributed by atoms with Gasteiger partial charge in [0.05, 0.1) is 5.92 Å². The van der Waals surface area contributed by atoms with E-state index in [0.717, 1.165) is 32.5 Å². The lowest BCUT2D eigenvalue weighted by Crippen LogP contribution is -2.59. The Kier molecular flexibility index (Phi) is 3.81. The SMILES string of the molecule is CC1NCCCC1C(=O)N1CC2CCCN2CC1C. The summed E-state index contributed by atoms with van der Waals surface area (Å²) in [6, 6.07) is 1.36. The molecule has 0 radical (unpaired) electrons. The van der Waals surface area contributed by atoms with Crippen LogP contribution in [0, 0.1) is 5.92 Å². The third-order valence-electron chi connectivity index (χ3n) is 5.30. The van der Waals surface area contributed by atoms with Gasteiger partial charge >= 0.3 is 0 Å². The summed E-state index contributed by atoms with van der Waals surface area (Å²) >= 11 is 0. The molecule has 4 unspecified atom stereocenters. The van der Waals surface area contributed by atoms with Crippen molar-refractivity contribution in [3.63, 3.8) is 0 Å². The van der Waals surface area contributed by atoms with Gasteiger partial charge in [-0.2, -0.15) is 0 Å². The van der Waals surface area contributed by atoms with E-state index in [1.165, 1.54) is 19.4 Å². The number of nitrogens with one attached hydrogen (secondary N) is 1. The van der Waals surface area contributed by atoms with Crippen LogP contribution in [0.2, 0.25) is 0 Å². The van der Waals surface area contributed by atoms with Gasteiger partial charge in [0.1, 0.15) is 0 Å². The van der Waals surface area contributed by atoms with Crippen LogP contribution in [0.5, 0.6) is 0 Å². The zero-order valence-corrected chi connectivity index (χ0v) is 12.3. The molecule has 0 aromatic carbocycles. The van der Waals surface area contributed by atoms with Crippen molar-refractivity contribution < 1.29 is 4.79 Å². The van der Waals surface area contributed by atoms with E-state index in [4.69, 9.17) is 0 Å². The maximum atomic E-state index is 12.8. The molecule has 19 heavy (non-hydrogen) atoms. The molecule has 108 valence electrons. The summed E-state index contributed by atoms with van der Waals surface area (Å²) < 4.78 is 0. The first-order valence-electron chi connectivity index (χ1n) is 7.94. The van der Waals surface area contributed by atoms with Gasteiger partial charge in [0.2, 0.25) is 5.91 Å². The van der Waals surface area contributed by atoms with Crippen LogP contribution in [-0.2, 0) is 4.79 Å². The summed E-state index contributed by atoms with van der Waals surface area (Å²) in [6.45, 7) is 8.72. The molecule has 1 N–H and O–H groups in total. The second kappa shape index (κ2) is 5.41. The van der Waals surface area contributed by atoms with Crippen LogP contribution in [-0.4, -0.2) is 60.0 Å². The summed E-state index contributed by atoms with van der Waals surface area (Å²) in [5, 5.41) is 3.46. The molecule has 3 saturated heterocycles. The number of carbonyl (C=O) groups is 1. The first-order valence-corrected chi connectivity index (χ1v) is 7.94. The molecule has 0 aromatic rings. The molecular formula is C15H27N3O. The third kappa shape index (κ3) is 2.52. The van der Waals surface area contributed by atoms with Gasteiger partial charge < -0.3 is 10.2 Å². The minimum atomic E-state index is 0.198. The van der Waals surface area contributed by atoms with E-state index in [1.807, 2.05) is 0 Å². The van der Waals surface area contributed by atoms with Crippen molar-refractivity contribution in [3.8, 4) is 0 Å². The number of carbonyl (C=O) groups excluding carboxylic acids is 1. The zero-order chi connectivity index (χ0) is 13.4. The van der Waals surface area contributed by atoms with E-state index in [-0.39, 0.29) is 5.92 Å². The van der Waals surface area contributed by atoms with Gasteiger partial charge in [0.15, 0.2) is 0 Å². The lowest BCUT2D eigenvalue weighted by atomic mass is 9.89. The highest BCUT2D eigenvalue weighted by atomic mass is 16.2. The Morgan fingerprint density at radius 2 is 2.00 bits per heavy atom. The van der Waals surface area contributed by atoms with Crippen LogP contribution >= 0.6 is 0 Å². The fourth-order valence-electron chi connectivity index (χ4n) is 4.09. The molecule has 3 rings (SSSR count). The molecule has 4 atom stereocenters. The van der Waals surface area contributed by atoms with Crippen molar-refractivity contribution in [2.24, 2.45) is 5.92 Å². The maximum absolute atomic E-state index is 12.8. The molecule has 0 spiro atoms. The highest BCUT2D eigenvalue weighted by Gasteiger charge is 2.39. The minimum absolute atomic E-state index is 0.198. The van der Waals surface area contributed by atoms with Crippen molar-refractivity contribution in [2.45, 2.75) is 57.7 Å². The lowest BCUT2D eigenvalue weighted by Gasteiger charge is -2.44. The summed E-state index contributed by atoms with van der Waals surface area (Å²) in [6.07, 6.45) is 4.78. The van der Waals surface area contributed by atoms with Gasteiger partial charge in [-0.1, -0.05) is 0 Å². The molecule has 1 amide bonds. The molecule has 0 bridgehead atoms. The van der Waals surface area contributed by atoms with Crippen molar-refractivity contribution in [1.29, 1.82) is 0 Å². The molecule has 0 aromatic heterocycles. The van der Waals surface area contributed by atoms with Crippen LogP contribution in [0.3, 0.4) is 0 Å². The van der Waals surface area contributed by atoms with Gasteiger partial charge in [0, 0.05) is 31.2 Å². The summed E-state index contributed by atoms with van der Waals surface area (Å²) in [5.41, 5.74) is 0. The van der Waals surface area contributed by atoms with Crippen LogP contribution in [0.1, 0.15) is 39.5 Å². The quantitative estimate of drug-likeness (QED) is 0.770. The van der Waals surface area contributed by atoms with Gasteiger partial charge in [-0.25, -0.2) is 0 Å². The fourth-order valence-corrected chi connectivity index (χ4v) is 4.09. The Hall–Kier alpha value is -0.610. The van der Waals surface area contributed by atoms with E-state index in [1.54, 1.807) is 0 Å². The topological polar surface area (TPSA) is 35.6 Å². The third-order valence-corrected chi connectivity index (χ3v) is 5.30. The van der Waals surface area contributed by atoms with E-state index in [2.05, 4.69) is 29.0 Å². The largest absolute Gasteiger partial charge is 0.337 e. The van der Waals surface area contributed by atoms with Crippen molar-refractivity contribution >= 4 is 5.91 Å². The van der Waals surface area contributed by atoms with Crippen LogP contribution < -0.4 is 5.32 Å². The standard InChI is InChI=1S/C15H27N3O/c1-11-9-17-8-4-5-13(17)10-18(11)15(19)14-6-3-7-16-12(14)2/h11-14,16H,3-10H2,1-2H3. The number of rotatable bonds is 1. The number of fused-ring (bicyclic) bond motifs is 1. The first kappa shape index (κ1) is 13.4. The number of hydrogen-bond acceptors (Lipinski definition) is 3. The predicted octanol–water partition coefficient (Wildman–Crippen LogP) is 1.07. The summed E-state index contributed by atoms with van der Waals surface area (Å²) in [7, 11) is 0. The summed E-state index contributed by atoms with van der Waals surface area (Å²) in [5.74, 6) is 0.600. The minimum Gasteiger partial charge on any atom is -0.337 e. The Morgan fingerprint density at radius 1 is 1.16 bits per heavy atom. The maximum Gasteiger partial charge on any atom is 0.227 e. The van der Waals surface area contributed by atoms with E-state index in [9.17, 15) is 4.79 Å². The first-order chi connectivity index (χ1) is 9.16. The number of hydrogen-bond donors (Lipinski definition) is 1. The monoisotopic (exact) mass is 265 g/mol. The molecule has 0 aliphatic carbocycles. The number of piperazine rings is 1. The Balaban J connectivity index is 1.68. The van der Waals surface area contributed by atoms with Crippen molar-refractivity contribution in [2.75, 3.05) is 26.2 Å². The van der Waals surface area contributed by atoms with Gasteiger partial charge in [-0.05, 0) is 52.6 Å². The zero-order valence-electron chi connectivity index (χ0n) is 12.3. The average Bonchev–Trinajstić information content (AvgIpc) is 2.84. The molecule has 3 heterocycles. The van der Waals surface area contributed by atoms with Crippen LogP contribution in [0.4, 0.5) is 0 Å². The summed E-state index contributed by atoms with van der Waals surface area (Å²) in [4.78, 5) is 17.6. The smallest absolute Gasteiger partial charge is 0.227 e. The van der Waals surface area contributed by atoms with E-state index in [0.29, 0.717) is 24.0 Å². The number of nitrogens with zero attached hydrogens (tertiary/aromatic N) is 2. The molecule has 3 aliphatic rings. The highest BCUT2D eigenvalue weighted by molar-refractivity contribution is 5.80. The van der Waals surface area contributed by atoms with Crippen LogP contribution in [0.25, 0.3) is 0 Å². The lowest BCUT2D eigenvalue weighted by molar-refractivity contribution is -0.142. The molecular weight excluding hydrogens is 238 g/mol. The second-order valence-corrected chi connectivity index (χ2v) is 6.62. The van der Waals surface area contributed by atoms with Crippen LogP contribution in [0.15, 0.2) is 0 Å². The fraction of sp³-hybridized carbons (Fsp3) is 0.933. The van der Waals surface area contributed by atoms with Crippen molar-refractivity contribution in [1.82, 2.24) is 15.1 Å². The molecule has 4 nitrogen and oxygen atoms in total. The second-order valence-electron chi connectivity index (χ2n) is 6.62. The normalized spacial score (nSPS) is 40.2. The van der Waals surface area contributed by atoms with Gasteiger partial charge in [-0.3, -0.25) is 9.69 Å². The van der Waals surface area contributed by atoms with Gasteiger partial charge in [-0.15, -0.1) is 0 Å². The molecule has 0 saturated carbocycles. The van der Waals surface area contributed by atoms with E-state index >= 15 is 0 Å². The molecule has 3 aliphatic heterocycles. The van der Waals surface area contributed by atoms with Gasteiger partial charge in [0.25, 0.3) is 0 Å². The van der Waals surface area contributed by atoms with E-state index < -0.39 is 0 Å². The Morgan fingerprint density at radius 3 is 2.79 bits per heavy atom. The number of amides is 1. The van der Waals surface area contributed by atoms with Crippen molar-refractivity contribution in [3.05, 3.63) is 0 Å². The Bertz CT molecular complexity index is 346.